The summed E-state index contributed by atoms with van der Waals surface area (Å²) in [6, 6.07) is 13.9. The highest BCUT2D eigenvalue weighted by molar-refractivity contribution is 7.89. The van der Waals surface area contributed by atoms with Crippen LogP contribution in [0.4, 0.5) is 5.13 Å². The lowest BCUT2D eigenvalue weighted by molar-refractivity contribution is 0.0985. The van der Waals surface area contributed by atoms with Crippen LogP contribution in [0.15, 0.2) is 53.4 Å². The Kier molecular flexibility index (Phi) is 7.51. The quantitative estimate of drug-likeness (QED) is 0.300. The molecule has 200 valence electrons. The molecular weight excluding hydrogens is 522 g/mol. The Labute approximate surface area is 226 Å². The number of sulfonamides is 1. The van der Waals surface area contributed by atoms with Crippen molar-refractivity contribution in [3.63, 3.8) is 0 Å². The summed E-state index contributed by atoms with van der Waals surface area (Å²) in [6.45, 7) is 8.25. The molecule has 3 heterocycles. The second-order valence-corrected chi connectivity index (χ2v) is 12.2. The Hall–Kier alpha value is -3.28. The molecule has 38 heavy (non-hydrogen) atoms. The first-order valence-corrected chi connectivity index (χ1v) is 15.0. The van der Waals surface area contributed by atoms with E-state index >= 15 is 0 Å². The molecule has 0 aliphatic carbocycles. The molecular formula is C27H31N5O4S2. The van der Waals surface area contributed by atoms with Gasteiger partial charge in [0.2, 0.25) is 10.0 Å². The molecule has 1 aliphatic heterocycles. The summed E-state index contributed by atoms with van der Waals surface area (Å²) in [6.07, 6.45) is 1.74. The molecule has 1 amide bonds. The van der Waals surface area contributed by atoms with E-state index in [0.717, 1.165) is 28.9 Å². The molecule has 0 spiro atoms. The molecule has 0 bridgehead atoms. The number of rotatable bonds is 9. The first-order chi connectivity index (χ1) is 18.3. The van der Waals surface area contributed by atoms with Crippen LogP contribution in [-0.2, 0) is 16.6 Å². The first kappa shape index (κ1) is 26.3. The Morgan fingerprint density at radius 2 is 1.84 bits per heavy atom. The molecule has 9 nitrogen and oxygen atoms in total. The van der Waals surface area contributed by atoms with E-state index in [0.29, 0.717) is 54.7 Å². The number of carbonyl (C=O) groups excluding carboxylic acids is 1. The molecule has 0 atom stereocenters. The fourth-order valence-electron chi connectivity index (χ4n) is 4.68. The molecule has 0 N–H and O–H groups in total. The van der Waals surface area contributed by atoms with E-state index in [1.807, 2.05) is 49.7 Å². The Bertz CT molecular complexity index is 1550. The summed E-state index contributed by atoms with van der Waals surface area (Å²) in [5.74, 6) is 0.420. The van der Waals surface area contributed by atoms with Crippen LogP contribution in [0.25, 0.3) is 10.2 Å². The lowest BCUT2D eigenvalue weighted by atomic mass is 10.2. The Balaban J connectivity index is 1.47. The monoisotopic (exact) mass is 553 g/mol. The topological polar surface area (TPSA) is 97.6 Å². The van der Waals surface area contributed by atoms with Crippen LogP contribution in [0, 0.1) is 13.8 Å². The van der Waals surface area contributed by atoms with Gasteiger partial charge in [-0.25, -0.2) is 13.4 Å². The van der Waals surface area contributed by atoms with Crippen molar-refractivity contribution in [1.29, 1.82) is 0 Å². The van der Waals surface area contributed by atoms with E-state index < -0.39 is 10.0 Å². The maximum absolute atomic E-state index is 13.8. The number of fused-ring (bicyclic) bond motifs is 1. The van der Waals surface area contributed by atoms with Gasteiger partial charge in [0.25, 0.3) is 5.91 Å². The van der Waals surface area contributed by atoms with Gasteiger partial charge in [-0.1, -0.05) is 17.4 Å². The third kappa shape index (κ3) is 5.18. The highest BCUT2D eigenvalue weighted by Crippen LogP contribution is 2.35. The summed E-state index contributed by atoms with van der Waals surface area (Å²) in [7, 11) is -3.56. The van der Waals surface area contributed by atoms with Crippen LogP contribution < -0.4 is 9.64 Å². The number of para-hydroxylation sites is 1. The van der Waals surface area contributed by atoms with E-state index in [1.54, 1.807) is 17.0 Å². The molecule has 0 radical (unpaired) electrons. The van der Waals surface area contributed by atoms with Gasteiger partial charge in [-0.15, -0.1) is 0 Å². The van der Waals surface area contributed by atoms with Crippen molar-refractivity contribution in [1.82, 2.24) is 19.1 Å². The predicted octanol–water partition coefficient (Wildman–Crippen LogP) is 4.64. The minimum absolute atomic E-state index is 0.200. The first-order valence-electron chi connectivity index (χ1n) is 12.7. The van der Waals surface area contributed by atoms with Gasteiger partial charge in [0.05, 0.1) is 28.4 Å². The summed E-state index contributed by atoms with van der Waals surface area (Å²) < 4.78 is 36.0. The zero-order chi connectivity index (χ0) is 26.9. The zero-order valence-corrected chi connectivity index (χ0v) is 23.4. The van der Waals surface area contributed by atoms with Gasteiger partial charge in [0.15, 0.2) is 5.13 Å². The number of carbonyl (C=O) groups is 1. The van der Waals surface area contributed by atoms with Crippen molar-refractivity contribution < 1.29 is 17.9 Å². The average Bonchev–Trinajstić information content (AvgIpc) is 3.65. The minimum Gasteiger partial charge on any atom is -0.492 e. The molecule has 1 fully saturated rings. The molecule has 1 aliphatic rings. The average molecular weight is 554 g/mol. The number of anilines is 1. The number of amides is 1. The largest absolute Gasteiger partial charge is 0.492 e. The van der Waals surface area contributed by atoms with Gasteiger partial charge in [-0.2, -0.15) is 9.40 Å². The van der Waals surface area contributed by atoms with Gasteiger partial charge >= 0.3 is 0 Å². The molecule has 11 heteroatoms. The summed E-state index contributed by atoms with van der Waals surface area (Å²) in [5, 5.41) is 5.08. The predicted molar refractivity (Wildman–Crippen MR) is 149 cm³/mol. The van der Waals surface area contributed by atoms with Crippen LogP contribution in [0.2, 0.25) is 0 Å². The summed E-state index contributed by atoms with van der Waals surface area (Å²) in [5.41, 5.74) is 3.03. The van der Waals surface area contributed by atoms with E-state index in [4.69, 9.17) is 9.72 Å². The van der Waals surface area contributed by atoms with Gasteiger partial charge in [-0.05, 0) is 76.1 Å². The smallest absolute Gasteiger partial charge is 0.260 e. The van der Waals surface area contributed by atoms with Crippen LogP contribution >= 0.6 is 11.3 Å². The van der Waals surface area contributed by atoms with Gasteiger partial charge in [0, 0.05) is 30.9 Å². The third-order valence-corrected chi connectivity index (χ3v) is 9.55. The number of ether oxygens (including phenoxy) is 1. The van der Waals surface area contributed by atoms with Crippen molar-refractivity contribution in [2.45, 2.75) is 45.1 Å². The lowest BCUT2D eigenvalue weighted by Gasteiger charge is -2.21. The fourth-order valence-corrected chi connectivity index (χ4v) is 7.21. The van der Waals surface area contributed by atoms with Crippen LogP contribution in [0.5, 0.6) is 5.75 Å². The Morgan fingerprint density at radius 3 is 2.50 bits per heavy atom. The van der Waals surface area contributed by atoms with Crippen molar-refractivity contribution in [3.05, 3.63) is 65.5 Å². The SMILES string of the molecule is CCOc1cccc2sc(N(CCn3nc(C)cc3C)C(=O)c3ccc(S(=O)(=O)N4CCCC4)cc3)nc12. The molecule has 4 aromatic rings. The van der Waals surface area contributed by atoms with Crippen molar-refractivity contribution >= 4 is 42.6 Å². The number of benzene rings is 2. The van der Waals surface area contributed by atoms with E-state index in [2.05, 4.69) is 5.10 Å². The molecule has 0 saturated carbocycles. The highest BCUT2D eigenvalue weighted by atomic mass is 32.2. The number of hydrogen-bond acceptors (Lipinski definition) is 7. The van der Waals surface area contributed by atoms with Crippen molar-refractivity contribution in [2.24, 2.45) is 0 Å². The molecule has 2 aromatic heterocycles. The molecule has 1 saturated heterocycles. The minimum atomic E-state index is -3.56. The van der Waals surface area contributed by atoms with Crippen molar-refractivity contribution in [2.75, 3.05) is 31.1 Å². The Morgan fingerprint density at radius 1 is 1.11 bits per heavy atom. The number of hydrogen-bond donors (Lipinski definition) is 0. The van der Waals surface area contributed by atoms with E-state index in [-0.39, 0.29) is 10.8 Å². The van der Waals surface area contributed by atoms with Crippen LogP contribution in [0.1, 0.15) is 41.5 Å². The van der Waals surface area contributed by atoms with Crippen LogP contribution in [0.3, 0.4) is 0 Å². The van der Waals surface area contributed by atoms with Gasteiger partial charge in [0.1, 0.15) is 11.3 Å². The normalized spacial score (nSPS) is 14.3. The number of aromatic nitrogens is 3. The van der Waals surface area contributed by atoms with Crippen molar-refractivity contribution in [3.8, 4) is 5.75 Å². The standard InChI is InChI=1S/C27H31N5O4S2/c1-4-36-23-8-7-9-24-25(23)28-27(37-24)31(16-17-32-20(3)18-19(2)29-32)26(33)21-10-12-22(13-11-21)38(34,35)30-14-5-6-15-30/h7-13,18H,4-6,14-17H2,1-3H3. The second-order valence-electron chi connectivity index (χ2n) is 9.27. The van der Waals surface area contributed by atoms with Crippen LogP contribution in [-0.4, -0.2) is 59.6 Å². The molecule has 2 aromatic carbocycles. The number of thiazole rings is 1. The summed E-state index contributed by atoms with van der Waals surface area (Å²) >= 11 is 1.42. The maximum Gasteiger partial charge on any atom is 0.260 e. The fraction of sp³-hybridized carbons (Fsp3) is 0.370. The lowest BCUT2D eigenvalue weighted by Crippen LogP contribution is -2.34. The number of nitrogens with zero attached hydrogens (tertiary/aromatic N) is 5. The molecule has 5 rings (SSSR count). The van der Waals surface area contributed by atoms with Gasteiger partial charge < -0.3 is 4.74 Å². The van der Waals surface area contributed by atoms with E-state index in [9.17, 15) is 13.2 Å². The van der Waals surface area contributed by atoms with Gasteiger partial charge in [-0.3, -0.25) is 14.4 Å². The second kappa shape index (κ2) is 10.8. The van der Waals surface area contributed by atoms with E-state index in [1.165, 1.54) is 27.8 Å². The highest BCUT2D eigenvalue weighted by Gasteiger charge is 2.28. The maximum atomic E-state index is 13.8. The molecule has 0 unspecified atom stereocenters. The number of aryl methyl sites for hydroxylation is 2. The third-order valence-electron chi connectivity index (χ3n) is 6.59. The zero-order valence-electron chi connectivity index (χ0n) is 21.8. The summed E-state index contributed by atoms with van der Waals surface area (Å²) in [4.78, 5) is 20.5.